The van der Waals surface area contributed by atoms with Crippen LogP contribution in [0, 0.1) is 0 Å². The van der Waals surface area contributed by atoms with E-state index in [1.54, 1.807) is 7.11 Å². The third-order valence-electron chi connectivity index (χ3n) is 3.07. The standard InChI is InChI=1S/C14H18N2O2/c1-4-9(2)15-14(17)11-8-10-6-5-7-12(18-3)13(10)16-11/h5-9,16H,4H2,1-3H3,(H,15,17). The molecule has 1 aromatic heterocycles. The number of H-pyrrole nitrogens is 1. The summed E-state index contributed by atoms with van der Waals surface area (Å²) in [6.45, 7) is 4.03. The number of hydrogen-bond acceptors (Lipinski definition) is 2. The molecule has 4 nitrogen and oxygen atoms in total. The Morgan fingerprint density at radius 2 is 2.28 bits per heavy atom. The first-order chi connectivity index (χ1) is 8.65. The summed E-state index contributed by atoms with van der Waals surface area (Å²) < 4.78 is 5.26. The number of aromatic nitrogens is 1. The van der Waals surface area contributed by atoms with E-state index in [9.17, 15) is 4.79 Å². The fraction of sp³-hybridized carbons (Fsp3) is 0.357. The van der Waals surface area contributed by atoms with Crippen molar-refractivity contribution in [2.45, 2.75) is 26.3 Å². The quantitative estimate of drug-likeness (QED) is 0.871. The number of nitrogens with one attached hydrogen (secondary N) is 2. The second-order valence-corrected chi connectivity index (χ2v) is 4.39. The Labute approximate surface area is 106 Å². The van der Waals surface area contributed by atoms with Crippen LogP contribution in [-0.4, -0.2) is 24.0 Å². The SMILES string of the molecule is CCC(C)NC(=O)c1cc2cccc(OC)c2[nH]1. The zero-order chi connectivity index (χ0) is 13.1. The number of fused-ring (bicyclic) bond motifs is 1. The van der Waals surface area contributed by atoms with Gasteiger partial charge in [0.2, 0.25) is 0 Å². The van der Waals surface area contributed by atoms with Crippen molar-refractivity contribution in [1.82, 2.24) is 10.3 Å². The van der Waals surface area contributed by atoms with Gasteiger partial charge in [-0.3, -0.25) is 4.79 Å². The lowest BCUT2D eigenvalue weighted by Gasteiger charge is -2.09. The highest BCUT2D eigenvalue weighted by atomic mass is 16.5. The molecule has 0 bridgehead atoms. The molecule has 0 saturated carbocycles. The number of benzene rings is 1. The van der Waals surface area contributed by atoms with Crippen molar-refractivity contribution in [2.24, 2.45) is 0 Å². The van der Waals surface area contributed by atoms with Crippen LogP contribution in [-0.2, 0) is 0 Å². The van der Waals surface area contributed by atoms with E-state index in [2.05, 4.69) is 10.3 Å². The van der Waals surface area contributed by atoms with Gasteiger partial charge in [0.15, 0.2) is 0 Å². The van der Waals surface area contributed by atoms with Gasteiger partial charge in [0, 0.05) is 11.4 Å². The zero-order valence-electron chi connectivity index (χ0n) is 10.9. The normalized spacial score (nSPS) is 12.4. The van der Waals surface area contributed by atoms with Crippen LogP contribution < -0.4 is 10.1 Å². The summed E-state index contributed by atoms with van der Waals surface area (Å²) >= 11 is 0. The number of para-hydroxylation sites is 1. The van der Waals surface area contributed by atoms with Gasteiger partial charge < -0.3 is 15.0 Å². The molecule has 4 heteroatoms. The Balaban J connectivity index is 2.32. The van der Waals surface area contributed by atoms with Gasteiger partial charge in [0.1, 0.15) is 11.4 Å². The van der Waals surface area contributed by atoms with E-state index in [0.717, 1.165) is 23.1 Å². The molecule has 1 atom stereocenters. The van der Waals surface area contributed by atoms with Crippen molar-refractivity contribution in [3.63, 3.8) is 0 Å². The van der Waals surface area contributed by atoms with Gasteiger partial charge in [0.25, 0.3) is 5.91 Å². The minimum atomic E-state index is -0.0809. The van der Waals surface area contributed by atoms with Gasteiger partial charge in [-0.25, -0.2) is 0 Å². The van der Waals surface area contributed by atoms with E-state index >= 15 is 0 Å². The zero-order valence-corrected chi connectivity index (χ0v) is 10.9. The van der Waals surface area contributed by atoms with Gasteiger partial charge in [0.05, 0.1) is 12.6 Å². The minimum Gasteiger partial charge on any atom is -0.495 e. The third-order valence-corrected chi connectivity index (χ3v) is 3.07. The minimum absolute atomic E-state index is 0.0809. The Bertz CT molecular complexity index is 560. The van der Waals surface area contributed by atoms with Crippen LogP contribution in [0.5, 0.6) is 5.75 Å². The number of hydrogen-bond donors (Lipinski definition) is 2. The van der Waals surface area contributed by atoms with Crippen LogP contribution in [0.15, 0.2) is 24.3 Å². The van der Waals surface area contributed by atoms with E-state index in [0.29, 0.717) is 5.69 Å². The van der Waals surface area contributed by atoms with Crippen molar-refractivity contribution in [3.05, 3.63) is 30.0 Å². The lowest BCUT2D eigenvalue weighted by Crippen LogP contribution is -2.32. The number of carbonyl (C=O) groups excluding carboxylic acids is 1. The van der Waals surface area contributed by atoms with E-state index in [1.165, 1.54) is 0 Å². The average molecular weight is 246 g/mol. The van der Waals surface area contributed by atoms with Crippen molar-refractivity contribution >= 4 is 16.8 Å². The van der Waals surface area contributed by atoms with Gasteiger partial charge >= 0.3 is 0 Å². The summed E-state index contributed by atoms with van der Waals surface area (Å²) in [6.07, 6.45) is 0.912. The van der Waals surface area contributed by atoms with Gasteiger partial charge in [-0.05, 0) is 25.5 Å². The number of carbonyl (C=O) groups is 1. The van der Waals surface area contributed by atoms with Crippen LogP contribution in [0.4, 0.5) is 0 Å². The number of aromatic amines is 1. The molecule has 2 rings (SSSR count). The molecule has 0 aliphatic carbocycles. The summed E-state index contributed by atoms with van der Waals surface area (Å²) in [4.78, 5) is 15.1. The van der Waals surface area contributed by atoms with Crippen molar-refractivity contribution in [3.8, 4) is 5.75 Å². The highest BCUT2D eigenvalue weighted by Crippen LogP contribution is 2.25. The Kier molecular flexibility index (Phi) is 3.55. The van der Waals surface area contributed by atoms with E-state index in [-0.39, 0.29) is 11.9 Å². The largest absolute Gasteiger partial charge is 0.495 e. The Morgan fingerprint density at radius 3 is 2.94 bits per heavy atom. The number of rotatable bonds is 4. The van der Waals surface area contributed by atoms with Crippen molar-refractivity contribution < 1.29 is 9.53 Å². The summed E-state index contributed by atoms with van der Waals surface area (Å²) in [5.41, 5.74) is 1.42. The number of methoxy groups -OCH3 is 1. The Hall–Kier alpha value is -1.97. The molecule has 0 aliphatic heterocycles. The summed E-state index contributed by atoms with van der Waals surface area (Å²) in [5.74, 6) is 0.665. The molecule has 0 saturated heterocycles. The molecule has 0 aliphatic rings. The van der Waals surface area contributed by atoms with E-state index in [1.807, 2.05) is 38.1 Å². The summed E-state index contributed by atoms with van der Waals surface area (Å²) in [6, 6.07) is 7.75. The first-order valence-electron chi connectivity index (χ1n) is 6.12. The van der Waals surface area contributed by atoms with E-state index in [4.69, 9.17) is 4.74 Å². The molecule has 18 heavy (non-hydrogen) atoms. The topological polar surface area (TPSA) is 54.1 Å². The fourth-order valence-electron chi connectivity index (χ4n) is 1.82. The fourth-order valence-corrected chi connectivity index (χ4v) is 1.82. The molecule has 1 aromatic carbocycles. The maximum absolute atomic E-state index is 12.0. The first-order valence-corrected chi connectivity index (χ1v) is 6.12. The van der Waals surface area contributed by atoms with Crippen LogP contribution in [0.25, 0.3) is 10.9 Å². The second kappa shape index (κ2) is 5.12. The summed E-state index contributed by atoms with van der Waals surface area (Å²) in [7, 11) is 1.62. The molecule has 1 unspecified atom stereocenters. The maximum Gasteiger partial charge on any atom is 0.267 e. The molecule has 0 spiro atoms. The smallest absolute Gasteiger partial charge is 0.267 e. The van der Waals surface area contributed by atoms with Gasteiger partial charge in [-0.1, -0.05) is 19.1 Å². The lowest BCUT2D eigenvalue weighted by atomic mass is 10.2. The average Bonchev–Trinajstić information content (AvgIpc) is 2.82. The van der Waals surface area contributed by atoms with Crippen LogP contribution in [0.2, 0.25) is 0 Å². The molecule has 1 heterocycles. The van der Waals surface area contributed by atoms with Gasteiger partial charge in [-0.2, -0.15) is 0 Å². The Morgan fingerprint density at radius 1 is 1.50 bits per heavy atom. The van der Waals surface area contributed by atoms with Crippen LogP contribution in [0.3, 0.4) is 0 Å². The molecule has 0 fully saturated rings. The lowest BCUT2D eigenvalue weighted by molar-refractivity contribution is 0.0935. The first kappa shape index (κ1) is 12.5. The summed E-state index contributed by atoms with van der Waals surface area (Å²) in [5, 5.41) is 3.91. The molecular weight excluding hydrogens is 228 g/mol. The van der Waals surface area contributed by atoms with E-state index < -0.39 is 0 Å². The van der Waals surface area contributed by atoms with Crippen molar-refractivity contribution in [2.75, 3.05) is 7.11 Å². The van der Waals surface area contributed by atoms with Gasteiger partial charge in [-0.15, -0.1) is 0 Å². The highest BCUT2D eigenvalue weighted by molar-refractivity contribution is 5.99. The number of amides is 1. The number of ether oxygens (including phenoxy) is 1. The van der Waals surface area contributed by atoms with Crippen LogP contribution in [0.1, 0.15) is 30.8 Å². The second-order valence-electron chi connectivity index (χ2n) is 4.39. The predicted octanol–water partition coefficient (Wildman–Crippen LogP) is 2.70. The van der Waals surface area contributed by atoms with Crippen molar-refractivity contribution in [1.29, 1.82) is 0 Å². The van der Waals surface area contributed by atoms with Crippen LogP contribution >= 0.6 is 0 Å². The highest BCUT2D eigenvalue weighted by Gasteiger charge is 2.13. The maximum atomic E-state index is 12.0. The molecule has 2 aromatic rings. The molecule has 2 N–H and O–H groups in total. The predicted molar refractivity (Wildman–Crippen MR) is 72.1 cm³/mol. The molecule has 1 amide bonds. The third kappa shape index (κ3) is 2.32. The molecular formula is C14H18N2O2. The monoisotopic (exact) mass is 246 g/mol. The molecule has 96 valence electrons. The molecule has 0 radical (unpaired) electrons.